The molecule has 0 saturated heterocycles. The van der Waals surface area contributed by atoms with E-state index in [2.05, 4.69) is 17.1 Å². The largest absolute Gasteiger partial charge is 0.159 e. The van der Waals surface area contributed by atoms with Gasteiger partial charge in [0.2, 0.25) is 0 Å². The summed E-state index contributed by atoms with van der Waals surface area (Å²) >= 11 is 0. The van der Waals surface area contributed by atoms with Crippen LogP contribution in [0.3, 0.4) is 0 Å². The summed E-state index contributed by atoms with van der Waals surface area (Å²) in [5.41, 5.74) is 4.40. The number of aryl methyl sites for hydroxylation is 2. The first kappa shape index (κ1) is 8.99. The molecule has 2 rings (SSSR count). The van der Waals surface area contributed by atoms with E-state index in [-0.39, 0.29) is 0 Å². The van der Waals surface area contributed by atoms with Gasteiger partial charge >= 0.3 is 0 Å². The van der Waals surface area contributed by atoms with Crippen molar-refractivity contribution < 1.29 is 0 Å². The van der Waals surface area contributed by atoms with Crippen molar-refractivity contribution >= 4 is 0 Å². The molecule has 0 radical (unpaired) electrons. The van der Waals surface area contributed by atoms with Gasteiger partial charge in [-0.25, -0.2) is 0 Å². The molecule has 0 bridgehead atoms. The second-order valence-electron chi connectivity index (χ2n) is 3.56. The number of nitrogens with zero attached hydrogens (tertiary/aromatic N) is 4. The molecule has 0 spiro atoms. The van der Waals surface area contributed by atoms with Crippen LogP contribution in [0.15, 0.2) is 12.3 Å². The van der Waals surface area contributed by atoms with Gasteiger partial charge in [-0.15, -0.1) is 0 Å². The van der Waals surface area contributed by atoms with Crippen LogP contribution in [0.1, 0.15) is 22.6 Å². The summed E-state index contributed by atoms with van der Waals surface area (Å²) in [6.45, 7) is 8.10. The molecule has 4 nitrogen and oxygen atoms in total. The van der Waals surface area contributed by atoms with Crippen LogP contribution >= 0.6 is 0 Å². The summed E-state index contributed by atoms with van der Waals surface area (Å²) in [5.74, 6) is 0. The Morgan fingerprint density at radius 3 is 2.21 bits per heavy atom. The van der Waals surface area contributed by atoms with Crippen molar-refractivity contribution in [3.05, 3.63) is 34.9 Å². The molecule has 4 heteroatoms. The summed E-state index contributed by atoms with van der Waals surface area (Å²) < 4.78 is 0. The predicted molar refractivity (Wildman–Crippen MR) is 54.2 cm³/mol. The zero-order valence-corrected chi connectivity index (χ0v) is 8.94. The maximum Gasteiger partial charge on any atom is 0.0647 e. The van der Waals surface area contributed by atoms with Crippen molar-refractivity contribution in [3.8, 4) is 0 Å². The SMILES string of the molecule is Cc1ccn(-n2nc(C)c(C)c2C)n1. The van der Waals surface area contributed by atoms with Gasteiger partial charge in [0, 0.05) is 0 Å². The lowest BCUT2D eigenvalue weighted by atomic mass is 10.2. The Labute approximate surface area is 83.1 Å². The maximum absolute atomic E-state index is 4.41. The van der Waals surface area contributed by atoms with Crippen molar-refractivity contribution in [1.29, 1.82) is 0 Å². The molecule has 0 atom stereocenters. The van der Waals surface area contributed by atoms with Gasteiger partial charge in [0.15, 0.2) is 0 Å². The molecular formula is C10H14N4. The Kier molecular flexibility index (Phi) is 1.91. The molecule has 0 aliphatic rings. The van der Waals surface area contributed by atoms with Crippen LogP contribution < -0.4 is 0 Å². The topological polar surface area (TPSA) is 35.6 Å². The first-order valence-electron chi connectivity index (χ1n) is 4.65. The molecule has 74 valence electrons. The molecule has 0 aliphatic carbocycles. The highest BCUT2D eigenvalue weighted by Gasteiger charge is 2.08. The third kappa shape index (κ3) is 1.23. The Bertz CT molecular complexity index is 464. The first-order valence-corrected chi connectivity index (χ1v) is 4.65. The fourth-order valence-corrected chi connectivity index (χ4v) is 1.41. The molecule has 0 N–H and O–H groups in total. The zero-order chi connectivity index (χ0) is 10.3. The minimum Gasteiger partial charge on any atom is -0.159 e. The van der Waals surface area contributed by atoms with Crippen LogP contribution in [0, 0.1) is 27.7 Å². The first-order chi connectivity index (χ1) is 6.59. The highest BCUT2D eigenvalue weighted by molar-refractivity contribution is 5.22. The number of hydrogen-bond acceptors (Lipinski definition) is 2. The number of rotatable bonds is 1. The summed E-state index contributed by atoms with van der Waals surface area (Å²) in [4.78, 5) is 3.57. The van der Waals surface area contributed by atoms with Gasteiger partial charge in [-0.05, 0) is 39.3 Å². The average Bonchev–Trinajstić information content (AvgIpc) is 2.66. The molecule has 2 heterocycles. The van der Waals surface area contributed by atoms with E-state index in [4.69, 9.17) is 0 Å². The van der Waals surface area contributed by atoms with Crippen LogP contribution in [-0.2, 0) is 0 Å². The van der Waals surface area contributed by atoms with Crippen molar-refractivity contribution in [1.82, 2.24) is 19.8 Å². The van der Waals surface area contributed by atoms with Crippen molar-refractivity contribution in [2.75, 3.05) is 0 Å². The van der Waals surface area contributed by atoms with Gasteiger partial charge in [0.05, 0.1) is 23.3 Å². The summed E-state index contributed by atoms with van der Waals surface area (Å²) in [5, 5.41) is 8.72. The van der Waals surface area contributed by atoms with Crippen LogP contribution in [0.5, 0.6) is 0 Å². The molecule has 0 aromatic carbocycles. The van der Waals surface area contributed by atoms with Crippen LogP contribution in [-0.4, -0.2) is 19.8 Å². The Morgan fingerprint density at radius 2 is 1.79 bits per heavy atom. The average molecular weight is 190 g/mol. The minimum absolute atomic E-state index is 0.996. The molecule has 0 amide bonds. The number of aromatic nitrogens is 4. The van der Waals surface area contributed by atoms with E-state index in [1.165, 1.54) is 5.56 Å². The van der Waals surface area contributed by atoms with E-state index in [1.54, 1.807) is 4.79 Å². The van der Waals surface area contributed by atoms with Gasteiger partial charge in [-0.1, -0.05) is 0 Å². The van der Waals surface area contributed by atoms with Gasteiger partial charge in [0.25, 0.3) is 0 Å². The van der Waals surface area contributed by atoms with E-state index in [0.717, 1.165) is 17.1 Å². The Morgan fingerprint density at radius 1 is 1.07 bits per heavy atom. The molecule has 0 fully saturated rings. The molecule has 0 unspecified atom stereocenters. The standard InChI is InChI=1S/C10H14N4/c1-7-5-6-13(11-7)14-10(4)8(2)9(3)12-14/h5-6H,1-4H3. The summed E-state index contributed by atoms with van der Waals surface area (Å²) in [6.07, 6.45) is 1.91. The highest BCUT2D eigenvalue weighted by atomic mass is 15.7. The van der Waals surface area contributed by atoms with Gasteiger partial charge < -0.3 is 0 Å². The third-order valence-electron chi connectivity index (χ3n) is 2.53. The van der Waals surface area contributed by atoms with Gasteiger partial charge in [0.1, 0.15) is 0 Å². The monoisotopic (exact) mass is 190 g/mol. The zero-order valence-electron chi connectivity index (χ0n) is 8.94. The second-order valence-corrected chi connectivity index (χ2v) is 3.56. The second kappa shape index (κ2) is 2.97. The molecule has 2 aromatic rings. The maximum atomic E-state index is 4.41. The molecule has 2 aromatic heterocycles. The minimum atomic E-state index is 0.996. The number of hydrogen-bond donors (Lipinski definition) is 0. The Hall–Kier alpha value is -1.58. The van der Waals surface area contributed by atoms with E-state index < -0.39 is 0 Å². The van der Waals surface area contributed by atoms with Crippen molar-refractivity contribution in [2.24, 2.45) is 0 Å². The fraction of sp³-hybridized carbons (Fsp3) is 0.400. The van der Waals surface area contributed by atoms with Crippen molar-refractivity contribution in [3.63, 3.8) is 0 Å². The lowest BCUT2D eigenvalue weighted by molar-refractivity contribution is 0.489. The molecule has 0 saturated carbocycles. The van der Waals surface area contributed by atoms with Crippen molar-refractivity contribution in [2.45, 2.75) is 27.7 Å². The fourth-order valence-electron chi connectivity index (χ4n) is 1.41. The van der Waals surface area contributed by atoms with Gasteiger partial charge in [-0.3, -0.25) is 0 Å². The van der Waals surface area contributed by atoms with E-state index in [0.29, 0.717) is 0 Å². The van der Waals surface area contributed by atoms with Crippen LogP contribution in [0.4, 0.5) is 0 Å². The normalized spacial score (nSPS) is 10.9. The highest BCUT2D eigenvalue weighted by Crippen LogP contribution is 2.10. The molecule has 14 heavy (non-hydrogen) atoms. The lowest BCUT2D eigenvalue weighted by Crippen LogP contribution is -2.13. The van der Waals surface area contributed by atoms with Gasteiger partial charge in [-0.2, -0.15) is 19.8 Å². The van der Waals surface area contributed by atoms with E-state index in [9.17, 15) is 0 Å². The third-order valence-corrected chi connectivity index (χ3v) is 2.53. The van der Waals surface area contributed by atoms with E-state index >= 15 is 0 Å². The molecular weight excluding hydrogens is 176 g/mol. The predicted octanol–water partition coefficient (Wildman–Crippen LogP) is 1.62. The van der Waals surface area contributed by atoms with E-state index in [1.807, 2.05) is 37.8 Å². The van der Waals surface area contributed by atoms with Crippen LogP contribution in [0.2, 0.25) is 0 Å². The summed E-state index contributed by atoms with van der Waals surface area (Å²) in [7, 11) is 0. The lowest BCUT2D eigenvalue weighted by Gasteiger charge is -2.02. The summed E-state index contributed by atoms with van der Waals surface area (Å²) in [6, 6.07) is 1.96. The smallest absolute Gasteiger partial charge is 0.0647 e. The molecule has 0 aliphatic heterocycles. The Balaban J connectivity index is 2.57. The van der Waals surface area contributed by atoms with Crippen LogP contribution in [0.25, 0.3) is 0 Å². The quantitative estimate of drug-likeness (QED) is 0.685.